The van der Waals surface area contributed by atoms with Gasteiger partial charge in [0.05, 0.1) is 11.5 Å². The average Bonchev–Trinajstić information content (AvgIpc) is 3.63. The number of carbonyl (C=O) groups is 1. The molecule has 9 atom stereocenters. The summed E-state index contributed by atoms with van der Waals surface area (Å²) >= 11 is 0. The Labute approximate surface area is 170 Å². The van der Waals surface area contributed by atoms with Crippen LogP contribution in [0.3, 0.4) is 0 Å². The minimum atomic E-state index is -0.0468. The van der Waals surface area contributed by atoms with Crippen LogP contribution in [-0.4, -0.2) is 5.78 Å². The number of hydrogen-bond donors (Lipinski definition) is 0. The molecule has 0 aromatic heterocycles. The number of nitrogens with zero attached hydrogens (tertiary/aromatic N) is 1. The van der Waals surface area contributed by atoms with Crippen LogP contribution in [0.25, 0.3) is 0 Å². The van der Waals surface area contributed by atoms with Crippen LogP contribution in [0.1, 0.15) is 78.1 Å². The number of allylic oxidation sites excluding steroid dienone is 1. The first kappa shape index (κ1) is 17.7. The number of rotatable bonds is 3. The molecule has 0 aromatic carbocycles. The van der Waals surface area contributed by atoms with Gasteiger partial charge in [-0.3, -0.25) is 4.79 Å². The lowest BCUT2D eigenvalue weighted by molar-refractivity contribution is -0.118. The van der Waals surface area contributed by atoms with Gasteiger partial charge in [-0.05, 0) is 117 Å². The Morgan fingerprint density at radius 2 is 1.93 bits per heavy atom. The van der Waals surface area contributed by atoms with E-state index in [0.717, 1.165) is 54.8 Å². The summed E-state index contributed by atoms with van der Waals surface area (Å²) in [6.45, 7) is 4.71. The SMILES string of the molecule is CC[C@]12CC[C@H]3[C@H]([C@@H]1[C@@H]1C[C@@H]1[C@@]2(C#N)CC)[C@@H](C1CC1)CC1=CC(=O)CC[C@@H]13. The number of hydrogen-bond acceptors (Lipinski definition) is 2. The van der Waals surface area contributed by atoms with E-state index >= 15 is 0 Å². The third kappa shape index (κ3) is 1.97. The Bertz CT molecular complexity index is 787. The van der Waals surface area contributed by atoms with Gasteiger partial charge in [0.2, 0.25) is 0 Å². The van der Waals surface area contributed by atoms with E-state index in [1.54, 1.807) is 0 Å². The summed E-state index contributed by atoms with van der Waals surface area (Å²) in [5, 5.41) is 10.5. The van der Waals surface area contributed by atoms with Crippen molar-refractivity contribution in [2.75, 3.05) is 0 Å². The fraction of sp³-hybridized carbons (Fsp3) is 0.846. The highest BCUT2D eigenvalue weighted by Gasteiger charge is 2.77. The van der Waals surface area contributed by atoms with Crippen molar-refractivity contribution in [1.82, 2.24) is 0 Å². The van der Waals surface area contributed by atoms with Crippen molar-refractivity contribution in [2.24, 2.45) is 58.2 Å². The van der Waals surface area contributed by atoms with Gasteiger partial charge in [-0.25, -0.2) is 0 Å². The zero-order valence-corrected chi connectivity index (χ0v) is 17.6. The van der Waals surface area contributed by atoms with Gasteiger partial charge in [0, 0.05) is 6.42 Å². The number of ketones is 1. The lowest BCUT2D eigenvalue weighted by Crippen LogP contribution is -2.55. The molecule has 0 heterocycles. The van der Waals surface area contributed by atoms with Gasteiger partial charge in [-0.15, -0.1) is 0 Å². The Balaban J connectivity index is 1.46. The second kappa shape index (κ2) is 5.74. The van der Waals surface area contributed by atoms with Crippen LogP contribution in [0.4, 0.5) is 0 Å². The fourth-order valence-corrected chi connectivity index (χ4v) is 9.83. The zero-order valence-electron chi connectivity index (χ0n) is 17.6. The maximum Gasteiger partial charge on any atom is 0.155 e. The van der Waals surface area contributed by atoms with Gasteiger partial charge in [-0.1, -0.05) is 19.4 Å². The summed E-state index contributed by atoms with van der Waals surface area (Å²) in [5.74, 6) is 6.76. The standard InChI is InChI=1S/C26H35NO/c1-3-25-10-9-19-18-8-7-17(28)11-16(18)12-20(15-5-6-15)23(19)24(25)21-13-22(21)26(25,4-2)14-27/h11,15,18-24H,3-10,12-13H2,1-2H3/t18-,19+,20+,21+,22-,23-,24-,25-,26-/m0/s1. The normalized spacial score (nSPS) is 54.0. The molecule has 2 nitrogen and oxygen atoms in total. The Morgan fingerprint density at radius 1 is 1.11 bits per heavy atom. The van der Waals surface area contributed by atoms with Crippen molar-refractivity contribution in [3.63, 3.8) is 0 Å². The van der Waals surface area contributed by atoms with Gasteiger partial charge in [0.15, 0.2) is 5.78 Å². The maximum absolute atomic E-state index is 12.2. The molecule has 0 unspecified atom stereocenters. The quantitative estimate of drug-likeness (QED) is 0.611. The molecule has 150 valence electrons. The summed E-state index contributed by atoms with van der Waals surface area (Å²) in [7, 11) is 0. The maximum atomic E-state index is 12.2. The molecule has 28 heavy (non-hydrogen) atoms. The second-order valence-electron chi connectivity index (χ2n) is 11.3. The van der Waals surface area contributed by atoms with Gasteiger partial charge >= 0.3 is 0 Å². The average molecular weight is 378 g/mol. The van der Waals surface area contributed by atoms with Crippen LogP contribution in [0.2, 0.25) is 0 Å². The topological polar surface area (TPSA) is 40.9 Å². The molecule has 5 fully saturated rings. The Hall–Kier alpha value is -1.10. The van der Waals surface area contributed by atoms with E-state index in [1.807, 2.05) is 0 Å². The lowest BCUT2D eigenvalue weighted by atomic mass is 9.43. The predicted molar refractivity (Wildman–Crippen MR) is 109 cm³/mol. The molecular weight excluding hydrogens is 342 g/mol. The molecule has 0 aliphatic heterocycles. The van der Waals surface area contributed by atoms with E-state index in [0.29, 0.717) is 17.6 Å². The summed E-state index contributed by atoms with van der Waals surface area (Å²) in [6.07, 6.45) is 14.2. The molecular formula is C26H35NO. The summed E-state index contributed by atoms with van der Waals surface area (Å²) in [6, 6.07) is 2.97. The number of fused-ring (bicyclic) bond motifs is 7. The van der Waals surface area contributed by atoms with Crippen LogP contribution in [-0.2, 0) is 4.79 Å². The van der Waals surface area contributed by atoms with Crippen LogP contribution >= 0.6 is 0 Å². The van der Waals surface area contributed by atoms with Gasteiger partial charge in [-0.2, -0.15) is 5.26 Å². The first-order valence-corrected chi connectivity index (χ1v) is 12.2. The summed E-state index contributed by atoms with van der Waals surface area (Å²) in [4.78, 5) is 12.2. The van der Waals surface area contributed by atoms with E-state index in [2.05, 4.69) is 26.0 Å². The van der Waals surface area contributed by atoms with E-state index in [4.69, 9.17) is 0 Å². The third-order valence-corrected chi connectivity index (χ3v) is 10.9. The van der Waals surface area contributed by atoms with Crippen LogP contribution in [0.15, 0.2) is 11.6 Å². The summed E-state index contributed by atoms with van der Waals surface area (Å²) < 4.78 is 0. The van der Waals surface area contributed by atoms with Gasteiger partial charge in [0.25, 0.3) is 0 Å². The van der Waals surface area contributed by atoms with Crippen molar-refractivity contribution < 1.29 is 4.79 Å². The highest BCUT2D eigenvalue weighted by Crippen LogP contribution is 2.81. The minimum Gasteiger partial charge on any atom is -0.295 e. The molecule has 6 aliphatic carbocycles. The molecule has 0 saturated heterocycles. The van der Waals surface area contributed by atoms with Gasteiger partial charge < -0.3 is 0 Å². The van der Waals surface area contributed by atoms with Crippen LogP contribution < -0.4 is 0 Å². The molecule has 0 bridgehead atoms. The molecule has 0 spiro atoms. The van der Waals surface area contributed by atoms with Crippen molar-refractivity contribution >= 4 is 5.78 Å². The van der Waals surface area contributed by atoms with E-state index in [1.165, 1.54) is 50.5 Å². The smallest absolute Gasteiger partial charge is 0.155 e. The molecule has 2 heteroatoms. The van der Waals surface area contributed by atoms with Crippen LogP contribution in [0.5, 0.6) is 0 Å². The van der Waals surface area contributed by atoms with E-state index in [-0.39, 0.29) is 10.8 Å². The molecule has 5 saturated carbocycles. The lowest BCUT2D eigenvalue weighted by Gasteiger charge is -2.60. The van der Waals surface area contributed by atoms with Crippen molar-refractivity contribution in [2.45, 2.75) is 78.1 Å². The number of nitriles is 1. The molecule has 0 aromatic rings. The van der Waals surface area contributed by atoms with Crippen molar-refractivity contribution in [1.29, 1.82) is 5.26 Å². The van der Waals surface area contributed by atoms with E-state index in [9.17, 15) is 10.1 Å². The van der Waals surface area contributed by atoms with E-state index < -0.39 is 0 Å². The minimum absolute atomic E-state index is 0.0468. The third-order valence-electron chi connectivity index (χ3n) is 10.9. The molecule has 0 amide bonds. The zero-order chi connectivity index (χ0) is 19.3. The molecule has 0 N–H and O–H groups in total. The predicted octanol–water partition coefficient (Wildman–Crippen LogP) is 5.93. The Kier molecular flexibility index (Phi) is 3.63. The monoisotopic (exact) mass is 377 g/mol. The highest BCUT2D eigenvalue weighted by atomic mass is 16.1. The molecule has 6 aliphatic rings. The van der Waals surface area contributed by atoms with Crippen molar-refractivity contribution in [3.8, 4) is 6.07 Å². The largest absolute Gasteiger partial charge is 0.295 e. The molecule has 0 radical (unpaired) electrons. The first-order valence-electron chi connectivity index (χ1n) is 12.2. The first-order chi connectivity index (χ1) is 13.6. The molecule has 6 rings (SSSR count). The Morgan fingerprint density at radius 3 is 2.61 bits per heavy atom. The highest BCUT2D eigenvalue weighted by molar-refractivity contribution is 5.91. The van der Waals surface area contributed by atoms with Gasteiger partial charge in [0.1, 0.15) is 0 Å². The number of carbonyl (C=O) groups excluding carboxylic acids is 1. The second-order valence-corrected chi connectivity index (χ2v) is 11.3. The van der Waals surface area contributed by atoms with Crippen molar-refractivity contribution in [3.05, 3.63) is 11.6 Å². The fourth-order valence-electron chi connectivity index (χ4n) is 9.83. The van der Waals surface area contributed by atoms with Crippen LogP contribution in [0, 0.1) is 69.5 Å². The summed E-state index contributed by atoms with van der Waals surface area (Å²) in [5.41, 5.74) is 1.77.